The summed E-state index contributed by atoms with van der Waals surface area (Å²) in [5.41, 5.74) is 2.09. The molecule has 1 N–H and O–H groups in total. The van der Waals surface area contributed by atoms with Crippen LogP contribution >= 0.6 is 15.9 Å². The molecule has 0 aromatic heterocycles. The molecule has 1 aliphatic heterocycles. The van der Waals surface area contributed by atoms with Crippen LogP contribution in [0.25, 0.3) is 11.1 Å². The van der Waals surface area contributed by atoms with Gasteiger partial charge in [0, 0.05) is 13.1 Å². The SMILES string of the molecule is CCCOC(=O)CC1C(=O)NCCN1C(=O)COc1ccc(-c2ccccc2)cc1Br. The lowest BCUT2D eigenvalue weighted by atomic mass is 10.1. The number of rotatable bonds is 8. The normalized spacial score (nSPS) is 15.9. The molecule has 0 spiro atoms. The van der Waals surface area contributed by atoms with Gasteiger partial charge in [0.05, 0.1) is 17.5 Å². The Labute approximate surface area is 189 Å². The number of nitrogens with one attached hydrogen (secondary N) is 1. The van der Waals surface area contributed by atoms with E-state index in [1.54, 1.807) is 6.07 Å². The maximum Gasteiger partial charge on any atom is 0.308 e. The Morgan fingerprint density at radius 2 is 1.94 bits per heavy atom. The van der Waals surface area contributed by atoms with Crippen LogP contribution in [0.2, 0.25) is 0 Å². The van der Waals surface area contributed by atoms with Gasteiger partial charge >= 0.3 is 5.97 Å². The molecule has 0 bridgehead atoms. The zero-order valence-electron chi connectivity index (χ0n) is 17.3. The molecule has 1 aliphatic rings. The number of amides is 2. The zero-order chi connectivity index (χ0) is 22.2. The van der Waals surface area contributed by atoms with Gasteiger partial charge in [-0.25, -0.2) is 0 Å². The minimum atomic E-state index is -0.891. The second kappa shape index (κ2) is 10.9. The molecule has 0 radical (unpaired) electrons. The van der Waals surface area contributed by atoms with E-state index in [1.807, 2.05) is 49.4 Å². The van der Waals surface area contributed by atoms with Crippen LogP contribution < -0.4 is 10.1 Å². The molecule has 1 heterocycles. The number of hydrogen-bond acceptors (Lipinski definition) is 5. The van der Waals surface area contributed by atoms with Crippen LogP contribution in [0.3, 0.4) is 0 Å². The smallest absolute Gasteiger partial charge is 0.308 e. The van der Waals surface area contributed by atoms with Crippen LogP contribution in [0.1, 0.15) is 19.8 Å². The topological polar surface area (TPSA) is 84.9 Å². The third kappa shape index (κ3) is 6.07. The molecule has 3 rings (SSSR count). The monoisotopic (exact) mass is 488 g/mol. The Balaban J connectivity index is 1.63. The summed E-state index contributed by atoms with van der Waals surface area (Å²) in [6.45, 7) is 2.58. The maximum absolute atomic E-state index is 12.8. The fourth-order valence-electron chi connectivity index (χ4n) is 3.30. The van der Waals surface area contributed by atoms with E-state index >= 15 is 0 Å². The summed E-state index contributed by atoms with van der Waals surface area (Å²) >= 11 is 3.49. The molecule has 8 heteroatoms. The number of benzene rings is 2. The molecular formula is C23H25BrN2O5. The van der Waals surface area contributed by atoms with E-state index in [9.17, 15) is 14.4 Å². The van der Waals surface area contributed by atoms with E-state index in [1.165, 1.54) is 4.90 Å². The third-order valence-corrected chi connectivity index (χ3v) is 5.49. The predicted molar refractivity (Wildman–Crippen MR) is 119 cm³/mol. The van der Waals surface area contributed by atoms with Crippen LogP contribution in [-0.2, 0) is 19.1 Å². The largest absolute Gasteiger partial charge is 0.483 e. The van der Waals surface area contributed by atoms with Crippen molar-refractivity contribution in [2.24, 2.45) is 0 Å². The molecule has 164 valence electrons. The summed E-state index contributed by atoms with van der Waals surface area (Å²) in [5, 5.41) is 2.69. The van der Waals surface area contributed by atoms with Crippen LogP contribution in [0.15, 0.2) is 53.0 Å². The molecule has 31 heavy (non-hydrogen) atoms. The van der Waals surface area contributed by atoms with Crippen molar-refractivity contribution in [3.8, 4) is 16.9 Å². The van der Waals surface area contributed by atoms with E-state index in [0.717, 1.165) is 15.6 Å². The number of carbonyl (C=O) groups excluding carboxylic acids is 3. The summed E-state index contributed by atoms with van der Waals surface area (Å²) in [4.78, 5) is 38.4. The van der Waals surface area contributed by atoms with Crippen molar-refractivity contribution in [2.45, 2.75) is 25.8 Å². The van der Waals surface area contributed by atoms with Gasteiger partial charge in [0.2, 0.25) is 5.91 Å². The summed E-state index contributed by atoms with van der Waals surface area (Å²) in [7, 11) is 0. The fraction of sp³-hybridized carbons (Fsp3) is 0.348. The van der Waals surface area contributed by atoms with E-state index < -0.39 is 12.0 Å². The summed E-state index contributed by atoms with van der Waals surface area (Å²) in [6.07, 6.45) is 0.518. The Morgan fingerprint density at radius 1 is 1.16 bits per heavy atom. The van der Waals surface area contributed by atoms with E-state index in [2.05, 4.69) is 21.2 Å². The lowest BCUT2D eigenvalue weighted by Gasteiger charge is -2.34. The molecule has 1 atom stereocenters. The quantitative estimate of drug-likeness (QED) is 0.576. The van der Waals surface area contributed by atoms with Gasteiger partial charge in [-0.05, 0) is 45.6 Å². The highest BCUT2D eigenvalue weighted by molar-refractivity contribution is 9.10. The lowest BCUT2D eigenvalue weighted by molar-refractivity contribution is -0.152. The molecule has 2 aromatic rings. The Hall–Kier alpha value is -2.87. The Kier molecular flexibility index (Phi) is 8.06. The first-order valence-electron chi connectivity index (χ1n) is 10.2. The molecule has 7 nitrogen and oxygen atoms in total. The van der Waals surface area contributed by atoms with Crippen molar-refractivity contribution in [3.63, 3.8) is 0 Å². The molecule has 0 aliphatic carbocycles. The number of carbonyl (C=O) groups is 3. The summed E-state index contributed by atoms with van der Waals surface area (Å²) in [6, 6.07) is 14.7. The molecule has 1 saturated heterocycles. The average molecular weight is 489 g/mol. The predicted octanol–water partition coefficient (Wildman–Crippen LogP) is 3.17. The van der Waals surface area contributed by atoms with Crippen LogP contribution in [-0.4, -0.2) is 55.0 Å². The first-order chi connectivity index (χ1) is 15.0. The minimum absolute atomic E-state index is 0.174. The number of hydrogen-bond donors (Lipinski definition) is 1. The van der Waals surface area contributed by atoms with Gasteiger partial charge < -0.3 is 19.7 Å². The third-order valence-electron chi connectivity index (χ3n) is 4.87. The second-order valence-corrected chi connectivity index (χ2v) is 7.97. The van der Waals surface area contributed by atoms with Crippen molar-refractivity contribution in [1.29, 1.82) is 0 Å². The standard InChI is InChI=1S/C23H25BrN2O5/c1-2-12-30-22(28)14-19-23(29)25-10-11-26(19)21(27)15-31-20-9-8-17(13-18(20)24)16-6-4-3-5-7-16/h3-9,13,19H,2,10-12,14-15H2,1H3,(H,25,29). The highest BCUT2D eigenvalue weighted by Crippen LogP contribution is 2.30. The molecule has 1 fully saturated rings. The van der Waals surface area contributed by atoms with Crippen molar-refractivity contribution < 1.29 is 23.9 Å². The Morgan fingerprint density at radius 3 is 2.65 bits per heavy atom. The van der Waals surface area contributed by atoms with Gasteiger partial charge in [-0.15, -0.1) is 0 Å². The highest BCUT2D eigenvalue weighted by atomic mass is 79.9. The lowest BCUT2D eigenvalue weighted by Crippen LogP contribution is -2.58. The first kappa shape index (κ1) is 22.8. The van der Waals surface area contributed by atoms with Gasteiger partial charge in [-0.3, -0.25) is 14.4 Å². The molecule has 1 unspecified atom stereocenters. The van der Waals surface area contributed by atoms with Gasteiger partial charge in [-0.2, -0.15) is 0 Å². The van der Waals surface area contributed by atoms with Crippen LogP contribution in [0.4, 0.5) is 0 Å². The molecular weight excluding hydrogens is 464 g/mol. The number of piperazine rings is 1. The number of halogens is 1. The van der Waals surface area contributed by atoms with Crippen molar-refractivity contribution in [1.82, 2.24) is 10.2 Å². The molecule has 0 saturated carbocycles. The Bertz CT molecular complexity index is 935. The van der Waals surface area contributed by atoms with Crippen LogP contribution in [0.5, 0.6) is 5.75 Å². The minimum Gasteiger partial charge on any atom is -0.483 e. The molecule has 2 amide bonds. The maximum atomic E-state index is 12.8. The van der Waals surface area contributed by atoms with Gasteiger partial charge in [0.15, 0.2) is 6.61 Å². The van der Waals surface area contributed by atoms with Gasteiger partial charge in [0.25, 0.3) is 5.91 Å². The van der Waals surface area contributed by atoms with E-state index in [0.29, 0.717) is 25.3 Å². The van der Waals surface area contributed by atoms with Gasteiger partial charge in [0.1, 0.15) is 11.8 Å². The van der Waals surface area contributed by atoms with Crippen molar-refractivity contribution in [2.75, 3.05) is 26.3 Å². The number of nitrogens with zero attached hydrogens (tertiary/aromatic N) is 1. The summed E-state index contributed by atoms with van der Waals surface area (Å²) in [5.74, 6) is -0.695. The van der Waals surface area contributed by atoms with Crippen LogP contribution in [0, 0.1) is 0 Å². The number of esters is 1. The van der Waals surface area contributed by atoms with Gasteiger partial charge in [-0.1, -0.05) is 43.3 Å². The number of ether oxygens (including phenoxy) is 2. The average Bonchev–Trinajstić information content (AvgIpc) is 2.78. The zero-order valence-corrected chi connectivity index (χ0v) is 18.9. The fourth-order valence-corrected chi connectivity index (χ4v) is 3.79. The summed E-state index contributed by atoms with van der Waals surface area (Å²) < 4.78 is 11.5. The van der Waals surface area contributed by atoms with Crippen molar-refractivity contribution >= 4 is 33.7 Å². The highest BCUT2D eigenvalue weighted by Gasteiger charge is 2.35. The first-order valence-corrected chi connectivity index (χ1v) is 11.0. The van der Waals surface area contributed by atoms with Crippen molar-refractivity contribution in [3.05, 3.63) is 53.0 Å². The van der Waals surface area contributed by atoms with E-state index in [4.69, 9.17) is 9.47 Å². The van der Waals surface area contributed by atoms with E-state index in [-0.39, 0.29) is 31.4 Å². The molecule has 2 aromatic carbocycles. The second-order valence-electron chi connectivity index (χ2n) is 7.12.